The van der Waals surface area contributed by atoms with Gasteiger partial charge in [-0.1, -0.05) is 26.1 Å². The van der Waals surface area contributed by atoms with E-state index in [4.69, 9.17) is 13.0 Å². The molecule has 0 aromatic rings. The maximum absolute atomic E-state index is 7.57. The van der Waals surface area contributed by atoms with Crippen LogP contribution < -0.4 is 0 Å². The predicted molar refractivity (Wildman–Crippen MR) is 38.2 cm³/mol. The van der Waals surface area contributed by atoms with Crippen LogP contribution in [0.25, 0.3) is 0 Å². The number of aliphatic hydroxyl groups excluding tert-OH is 1. The van der Waals surface area contributed by atoms with Gasteiger partial charge in [0.2, 0.25) is 0 Å². The molecule has 0 aliphatic carbocycles. The van der Waals surface area contributed by atoms with E-state index in [0.717, 1.165) is 6.32 Å². The predicted octanol–water partition coefficient (Wildman–Crippen LogP) is 1.37. The minimum atomic E-state index is 0.250. The molecule has 0 unspecified atom stereocenters. The fraction of sp³-hybridized carbons (Fsp3) is 1.00. The van der Waals surface area contributed by atoms with E-state index in [-0.39, 0.29) is 6.61 Å². The average molecular weight is 114 g/mol. The highest BCUT2D eigenvalue weighted by molar-refractivity contribution is 6.08. The molecule has 0 amide bonds. The number of aliphatic hydroxyl groups is 1. The Morgan fingerprint density at radius 3 is 1.75 bits per heavy atom. The summed E-state index contributed by atoms with van der Waals surface area (Å²) in [7, 11) is 5.14. The summed E-state index contributed by atoms with van der Waals surface area (Å²) in [6, 6.07) is 0. The summed E-state index contributed by atoms with van der Waals surface area (Å²) in [5.41, 5.74) is 0. The topological polar surface area (TPSA) is 20.2 Å². The summed E-state index contributed by atoms with van der Waals surface area (Å²) in [6.45, 7) is 4.06. The minimum Gasteiger partial charge on any atom is -0.397 e. The average Bonchev–Trinajstić information content (AvgIpc) is 1.71. The van der Waals surface area contributed by atoms with Crippen LogP contribution in [0.15, 0.2) is 0 Å². The molecule has 2 radical (unpaired) electrons. The van der Waals surface area contributed by atoms with Crippen LogP contribution in [0.3, 0.4) is 0 Å². The maximum Gasteiger partial charge on any atom is 0.0652 e. The third-order valence-electron chi connectivity index (χ3n) is 0.558. The molecule has 0 saturated heterocycles. The maximum atomic E-state index is 7.57. The first-order chi connectivity index (χ1) is 3.83. The van der Waals surface area contributed by atoms with Crippen molar-refractivity contribution in [2.45, 2.75) is 33.0 Å². The zero-order valence-corrected chi connectivity index (χ0v) is 5.85. The summed E-state index contributed by atoms with van der Waals surface area (Å²) >= 11 is 0. The van der Waals surface area contributed by atoms with E-state index in [0.29, 0.717) is 0 Å². The fourth-order valence-electron chi connectivity index (χ4n) is 0.204. The lowest BCUT2D eigenvalue weighted by molar-refractivity contribution is 0.318. The van der Waals surface area contributed by atoms with Gasteiger partial charge in [0.05, 0.1) is 7.85 Å². The summed E-state index contributed by atoms with van der Waals surface area (Å²) in [5.74, 6) is 0. The van der Waals surface area contributed by atoms with Crippen LogP contribution in [-0.4, -0.2) is 19.6 Å². The molecular weight excluding hydrogens is 98.9 g/mol. The van der Waals surface area contributed by atoms with Crippen LogP contribution >= 0.6 is 0 Å². The molecule has 0 aromatic carbocycles. The Bertz CT molecular complexity index is 22.5. The van der Waals surface area contributed by atoms with E-state index < -0.39 is 0 Å². The van der Waals surface area contributed by atoms with Crippen LogP contribution in [0.4, 0.5) is 0 Å². The van der Waals surface area contributed by atoms with Crippen molar-refractivity contribution < 1.29 is 5.11 Å². The highest BCUT2D eigenvalue weighted by Crippen LogP contribution is 1.86. The fourth-order valence-corrected chi connectivity index (χ4v) is 0.204. The lowest BCUT2D eigenvalue weighted by Gasteiger charge is -1.79. The molecule has 0 spiro atoms. The monoisotopic (exact) mass is 114 g/mol. The molecule has 8 heavy (non-hydrogen) atoms. The quantitative estimate of drug-likeness (QED) is 0.537. The summed E-state index contributed by atoms with van der Waals surface area (Å²) < 4.78 is 0. The molecule has 0 bridgehead atoms. The van der Waals surface area contributed by atoms with E-state index in [9.17, 15) is 0 Å². The molecule has 0 rings (SSSR count). The summed E-state index contributed by atoms with van der Waals surface area (Å²) in [5, 5.41) is 7.57. The van der Waals surface area contributed by atoms with Crippen molar-refractivity contribution in [2.24, 2.45) is 0 Å². The molecule has 48 valence electrons. The molecule has 0 atom stereocenters. The molecule has 0 aromatic heterocycles. The van der Waals surface area contributed by atoms with Crippen LogP contribution in [0.1, 0.15) is 26.7 Å². The SMILES string of the molecule is CCO.[B]CCCC. The molecule has 0 aliphatic heterocycles. The number of hydrogen-bond acceptors (Lipinski definition) is 1. The second-order valence-electron chi connectivity index (χ2n) is 1.46. The van der Waals surface area contributed by atoms with Crippen molar-refractivity contribution >= 4 is 7.85 Å². The Labute approximate surface area is 53.5 Å². The van der Waals surface area contributed by atoms with Gasteiger partial charge >= 0.3 is 0 Å². The van der Waals surface area contributed by atoms with Gasteiger partial charge in [-0.05, 0) is 6.92 Å². The molecule has 1 N–H and O–H groups in total. The van der Waals surface area contributed by atoms with Gasteiger partial charge in [-0.3, -0.25) is 0 Å². The minimum absolute atomic E-state index is 0.250. The van der Waals surface area contributed by atoms with E-state index in [1.54, 1.807) is 6.92 Å². The van der Waals surface area contributed by atoms with Crippen molar-refractivity contribution in [1.29, 1.82) is 0 Å². The largest absolute Gasteiger partial charge is 0.397 e. The Morgan fingerprint density at radius 2 is 1.75 bits per heavy atom. The van der Waals surface area contributed by atoms with Crippen molar-refractivity contribution in [1.82, 2.24) is 0 Å². The highest BCUT2D eigenvalue weighted by Gasteiger charge is 1.68. The third kappa shape index (κ3) is 37.1. The van der Waals surface area contributed by atoms with Crippen molar-refractivity contribution in [3.8, 4) is 0 Å². The molecule has 0 saturated carbocycles. The van der Waals surface area contributed by atoms with Crippen molar-refractivity contribution in [3.05, 3.63) is 0 Å². The summed E-state index contributed by atoms with van der Waals surface area (Å²) in [6.07, 6.45) is 3.23. The van der Waals surface area contributed by atoms with Gasteiger partial charge in [0, 0.05) is 6.61 Å². The normalized spacial score (nSPS) is 7.38. The standard InChI is InChI=1S/C4H9B.C2H6O/c1-2-3-4-5;1-2-3/h2-4H2,1H3;3H,2H2,1H3. The third-order valence-corrected chi connectivity index (χ3v) is 0.558. The molecule has 0 aliphatic rings. The van der Waals surface area contributed by atoms with Gasteiger partial charge < -0.3 is 5.11 Å². The van der Waals surface area contributed by atoms with Crippen LogP contribution in [0.5, 0.6) is 0 Å². The number of rotatable bonds is 2. The first kappa shape index (κ1) is 10.9. The number of hydrogen-bond donors (Lipinski definition) is 1. The number of unbranched alkanes of at least 4 members (excludes halogenated alkanes) is 1. The van der Waals surface area contributed by atoms with Crippen LogP contribution in [-0.2, 0) is 0 Å². The second-order valence-corrected chi connectivity index (χ2v) is 1.46. The Balaban J connectivity index is 0. The zero-order chi connectivity index (χ0) is 6.83. The first-order valence-corrected chi connectivity index (χ1v) is 3.14. The van der Waals surface area contributed by atoms with Gasteiger partial charge in [-0.25, -0.2) is 0 Å². The lowest BCUT2D eigenvalue weighted by Crippen LogP contribution is -1.63. The van der Waals surface area contributed by atoms with Gasteiger partial charge in [0.25, 0.3) is 0 Å². The van der Waals surface area contributed by atoms with E-state index >= 15 is 0 Å². The lowest BCUT2D eigenvalue weighted by atomic mass is 10.0. The zero-order valence-electron chi connectivity index (χ0n) is 5.85. The van der Waals surface area contributed by atoms with Crippen LogP contribution in [0, 0.1) is 0 Å². The highest BCUT2D eigenvalue weighted by atomic mass is 16.2. The van der Waals surface area contributed by atoms with Gasteiger partial charge in [0.15, 0.2) is 0 Å². The molecule has 0 fully saturated rings. The van der Waals surface area contributed by atoms with E-state index in [2.05, 4.69) is 6.92 Å². The first-order valence-electron chi connectivity index (χ1n) is 3.14. The van der Waals surface area contributed by atoms with Gasteiger partial charge in [0.1, 0.15) is 0 Å². The summed E-state index contributed by atoms with van der Waals surface area (Å²) in [4.78, 5) is 0. The smallest absolute Gasteiger partial charge is 0.0652 e. The van der Waals surface area contributed by atoms with E-state index in [1.165, 1.54) is 12.8 Å². The molecular formula is C6H15BO. The Hall–Kier alpha value is 0.0249. The van der Waals surface area contributed by atoms with Gasteiger partial charge in [-0.2, -0.15) is 0 Å². The second kappa shape index (κ2) is 15.7. The molecule has 0 heterocycles. The van der Waals surface area contributed by atoms with Crippen molar-refractivity contribution in [2.75, 3.05) is 6.61 Å². The van der Waals surface area contributed by atoms with Gasteiger partial charge in [-0.15, -0.1) is 0 Å². The van der Waals surface area contributed by atoms with Crippen molar-refractivity contribution in [3.63, 3.8) is 0 Å². The Morgan fingerprint density at radius 1 is 1.38 bits per heavy atom. The molecule has 2 heteroatoms. The van der Waals surface area contributed by atoms with E-state index in [1.807, 2.05) is 0 Å². The van der Waals surface area contributed by atoms with Crippen LogP contribution in [0.2, 0.25) is 6.32 Å². The molecule has 1 nitrogen and oxygen atoms in total. The Kier molecular flexibility index (Phi) is 21.5.